The summed E-state index contributed by atoms with van der Waals surface area (Å²) in [6, 6.07) is 5.83. The summed E-state index contributed by atoms with van der Waals surface area (Å²) in [5, 5.41) is 13.0. The molecule has 0 aliphatic carbocycles. The number of carbonyl (C=O) groups is 1. The standard InChI is InChI=1S/C14H17N3O4S/c1-3-10-4-5-11(14(18)19)8-13(10)22(20,21)16-9-12-6-7-15-17(12)2/h4-8,16H,3,9H2,1-2H3,(H,18,19). The molecule has 1 aromatic heterocycles. The number of hydrogen-bond acceptors (Lipinski definition) is 4. The summed E-state index contributed by atoms with van der Waals surface area (Å²) in [4.78, 5) is 11.0. The van der Waals surface area contributed by atoms with Gasteiger partial charge in [0.15, 0.2) is 0 Å². The molecule has 2 aromatic rings. The van der Waals surface area contributed by atoms with Crippen LogP contribution >= 0.6 is 0 Å². The zero-order chi connectivity index (χ0) is 16.3. The largest absolute Gasteiger partial charge is 0.478 e. The molecule has 0 bridgehead atoms. The van der Waals surface area contributed by atoms with Gasteiger partial charge in [0.05, 0.1) is 22.7 Å². The van der Waals surface area contributed by atoms with Gasteiger partial charge in [-0.3, -0.25) is 4.68 Å². The van der Waals surface area contributed by atoms with Crippen LogP contribution in [-0.2, 0) is 30.0 Å². The third kappa shape index (κ3) is 3.34. The predicted octanol–water partition coefficient (Wildman–Crippen LogP) is 1.16. The van der Waals surface area contributed by atoms with Gasteiger partial charge in [-0.2, -0.15) is 5.10 Å². The van der Waals surface area contributed by atoms with E-state index >= 15 is 0 Å². The van der Waals surface area contributed by atoms with Crippen LogP contribution in [0, 0.1) is 0 Å². The third-order valence-corrected chi connectivity index (χ3v) is 4.83. The summed E-state index contributed by atoms with van der Waals surface area (Å²) >= 11 is 0. The Hall–Kier alpha value is -2.19. The van der Waals surface area contributed by atoms with Crippen LogP contribution < -0.4 is 4.72 Å². The van der Waals surface area contributed by atoms with Crippen molar-refractivity contribution in [3.63, 3.8) is 0 Å². The second-order valence-electron chi connectivity index (χ2n) is 4.75. The Morgan fingerprint density at radius 2 is 2.09 bits per heavy atom. The molecule has 0 aliphatic rings. The first-order valence-electron chi connectivity index (χ1n) is 6.68. The quantitative estimate of drug-likeness (QED) is 0.830. The average molecular weight is 323 g/mol. The van der Waals surface area contributed by atoms with Gasteiger partial charge < -0.3 is 5.11 Å². The van der Waals surface area contributed by atoms with Crippen molar-refractivity contribution < 1.29 is 18.3 Å². The lowest BCUT2D eigenvalue weighted by Crippen LogP contribution is -2.25. The second-order valence-corrected chi connectivity index (χ2v) is 6.49. The molecule has 0 unspecified atom stereocenters. The molecule has 1 heterocycles. The summed E-state index contributed by atoms with van der Waals surface area (Å²) in [6.45, 7) is 1.90. The third-order valence-electron chi connectivity index (χ3n) is 3.35. The summed E-state index contributed by atoms with van der Waals surface area (Å²) < 4.78 is 29.0. The fourth-order valence-corrected chi connectivity index (χ4v) is 3.38. The van der Waals surface area contributed by atoms with E-state index in [0.717, 1.165) is 0 Å². The highest BCUT2D eigenvalue weighted by Gasteiger charge is 2.20. The molecule has 0 amide bonds. The Bertz CT molecular complexity index is 796. The molecule has 8 heteroatoms. The number of carboxylic acids is 1. The smallest absolute Gasteiger partial charge is 0.335 e. The molecule has 2 N–H and O–H groups in total. The van der Waals surface area contributed by atoms with Crippen molar-refractivity contribution in [2.45, 2.75) is 24.8 Å². The molecule has 118 valence electrons. The molecular formula is C14H17N3O4S. The van der Waals surface area contributed by atoms with Gasteiger partial charge >= 0.3 is 5.97 Å². The first-order valence-corrected chi connectivity index (χ1v) is 8.16. The van der Waals surface area contributed by atoms with E-state index < -0.39 is 16.0 Å². The lowest BCUT2D eigenvalue weighted by Gasteiger charge is -2.11. The second kappa shape index (κ2) is 6.29. The number of nitrogens with one attached hydrogen (secondary N) is 1. The lowest BCUT2D eigenvalue weighted by molar-refractivity contribution is 0.0696. The Balaban J connectivity index is 2.33. The van der Waals surface area contributed by atoms with Gasteiger partial charge in [-0.25, -0.2) is 17.9 Å². The van der Waals surface area contributed by atoms with Gasteiger partial charge in [0.2, 0.25) is 10.0 Å². The maximum Gasteiger partial charge on any atom is 0.335 e. The van der Waals surface area contributed by atoms with E-state index in [1.807, 2.05) is 6.92 Å². The van der Waals surface area contributed by atoms with Crippen molar-refractivity contribution in [3.8, 4) is 0 Å². The first kappa shape index (κ1) is 16.2. The molecule has 2 rings (SSSR count). The number of nitrogens with zero attached hydrogens (tertiary/aromatic N) is 2. The van der Waals surface area contributed by atoms with Crippen LogP contribution in [-0.4, -0.2) is 29.3 Å². The number of rotatable bonds is 6. The molecule has 0 atom stereocenters. The van der Waals surface area contributed by atoms with Crippen LogP contribution in [0.15, 0.2) is 35.4 Å². The molecule has 0 spiro atoms. The minimum atomic E-state index is -3.81. The van der Waals surface area contributed by atoms with E-state index in [-0.39, 0.29) is 17.0 Å². The minimum Gasteiger partial charge on any atom is -0.478 e. The maximum atomic E-state index is 12.5. The molecule has 0 saturated heterocycles. The van der Waals surface area contributed by atoms with Gasteiger partial charge in [-0.05, 0) is 30.2 Å². The molecule has 0 fully saturated rings. The first-order chi connectivity index (χ1) is 10.3. The number of benzene rings is 1. The van der Waals surface area contributed by atoms with E-state index in [1.165, 1.54) is 18.2 Å². The number of aromatic nitrogens is 2. The number of aryl methyl sites for hydroxylation is 2. The zero-order valence-electron chi connectivity index (χ0n) is 12.3. The van der Waals surface area contributed by atoms with Crippen molar-refractivity contribution in [2.75, 3.05) is 0 Å². The molecule has 7 nitrogen and oxygen atoms in total. The maximum absolute atomic E-state index is 12.5. The van der Waals surface area contributed by atoms with Crippen LogP contribution in [0.1, 0.15) is 28.5 Å². The lowest BCUT2D eigenvalue weighted by atomic mass is 10.1. The van der Waals surface area contributed by atoms with Crippen LogP contribution in [0.3, 0.4) is 0 Å². The molecule has 22 heavy (non-hydrogen) atoms. The number of carboxylic acid groups (broad SMARTS) is 1. The van der Waals surface area contributed by atoms with Gasteiger partial charge in [0.1, 0.15) is 0 Å². The van der Waals surface area contributed by atoms with Gasteiger partial charge in [-0.15, -0.1) is 0 Å². The topological polar surface area (TPSA) is 101 Å². The minimum absolute atomic E-state index is 0.00271. The van der Waals surface area contributed by atoms with Gasteiger partial charge in [0.25, 0.3) is 0 Å². The van der Waals surface area contributed by atoms with E-state index in [0.29, 0.717) is 17.7 Å². The number of sulfonamides is 1. The summed E-state index contributed by atoms with van der Waals surface area (Å²) in [7, 11) is -2.09. The molecule has 0 radical (unpaired) electrons. The number of aromatic carboxylic acids is 1. The van der Waals surface area contributed by atoms with Crippen molar-refractivity contribution in [3.05, 3.63) is 47.3 Å². The summed E-state index contributed by atoms with van der Waals surface area (Å²) in [6.07, 6.45) is 2.06. The average Bonchev–Trinajstić information content (AvgIpc) is 2.89. The van der Waals surface area contributed by atoms with Crippen molar-refractivity contribution in [2.24, 2.45) is 7.05 Å². The number of hydrogen-bond donors (Lipinski definition) is 2. The predicted molar refractivity (Wildman–Crippen MR) is 80.0 cm³/mol. The van der Waals surface area contributed by atoms with E-state index in [2.05, 4.69) is 9.82 Å². The van der Waals surface area contributed by atoms with Gasteiger partial charge in [0, 0.05) is 13.2 Å². The summed E-state index contributed by atoms with van der Waals surface area (Å²) in [5.41, 5.74) is 1.22. The normalized spacial score (nSPS) is 11.5. The molecular weight excluding hydrogens is 306 g/mol. The zero-order valence-corrected chi connectivity index (χ0v) is 13.1. The Morgan fingerprint density at radius 3 is 2.64 bits per heavy atom. The van der Waals surface area contributed by atoms with Gasteiger partial charge in [-0.1, -0.05) is 13.0 Å². The fourth-order valence-electron chi connectivity index (χ4n) is 2.05. The van der Waals surface area contributed by atoms with Crippen molar-refractivity contribution >= 4 is 16.0 Å². The van der Waals surface area contributed by atoms with Crippen molar-refractivity contribution in [1.82, 2.24) is 14.5 Å². The van der Waals surface area contributed by atoms with Crippen LogP contribution in [0.5, 0.6) is 0 Å². The molecule has 0 aliphatic heterocycles. The van der Waals surface area contributed by atoms with E-state index in [1.54, 1.807) is 24.0 Å². The SMILES string of the molecule is CCc1ccc(C(=O)O)cc1S(=O)(=O)NCc1ccnn1C. The summed E-state index contributed by atoms with van der Waals surface area (Å²) in [5.74, 6) is -1.16. The van der Waals surface area contributed by atoms with E-state index in [9.17, 15) is 13.2 Å². The highest BCUT2D eigenvalue weighted by Crippen LogP contribution is 2.19. The van der Waals surface area contributed by atoms with E-state index in [4.69, 9.17) is 5.11 Å². The fraction of sp³-hybridized carbons (Fsp3) is 0.286. The molecule has 1 aromatic carbocycles. The Morgan fingerprint density at radius 1 is 1.36 bits per heavy atom. The van der Waals surface area contributed by atoms with Crippen molar-refractivity contribution in [1.29, 1.82) is 0 Å². The van der Waals surface area contributed by atoms with Crippen LogP contribution in [0.4, 0.5) is 0 Å². The Labute approximate surface area is 128 Å². The highest BCUT2D eigenvalue weighted by molar-refractivity contribution is 7.89. The highest BCUT2D eigenvalue weighted by atomic mass is 32.2. The molecule has 0 saturated carbocycles. The van der Waals surface area contributed by atoms with Crippen LogP contribution in [0.2, 0.25) is 0 Å². The monoisotopic (exact) mass is 323 g/mol. The van der Waals surface area contributed by atoms with Crippen LogP contribution in [0.25, 0.3) is 0 Å². The Kier molecular flexibility index (Phi) is 4.62.